The predicted molar refractivity (Wildman–Crippen MR) is 243 cm³/mol. The first-order valence-corrected chi connectivity index (χ1v) is 31.8. The van der Waals surface area contributed by atoms with Crippen LogP contribution in [0.2, 0.25) is 0 Å². The van der Waals surface area contributed by atoms with E-state index in [0.717, 1.165) is 20.6 Å². The van der Waals surface area contributed by atoms with Crippen molar-refractivity contribution in [3.8, 4) is 22.3 Å². The number of hydrogen-bond donors (Lipinski definition) is 0. The lowest BCUT2D eigenvalue weighted by atomic mass is 9.67. The van der Waals surface area contributed by atoms with E-state index in [-0.39, 0.29) is 0 Å². The molecule has 0 N–H and O–H groups in total. The van der Waals surface area contributed by atoms with Crippen LogP contribution in [-0.2, 0) is 134 Å². The molecule has 0 amide bonds. The Balaban J connectivity index is 0.000000264. The molecule has 0 unspecified atom stereocenters. The SMILES string of the molecule is Brc1cccc(C2(c3cccc(Br)n3)c3ccccc3-c3ccccc3-c3ccccc32)n1.S=S=S=S=S=S=S=S=S=S=S=S=S=S. The Kier molecular flexibility index (Phi) is 16.4. The molecule has 1 aliphatic carbocycles. The van der Waals surface area contributed by atoms with Gasteiger partial charge >= 0.3 is 0 Å². The highest BCUT2D eigenvalue weighted by molar-refractivity contribution is 9.10. The summed E-state index contributed by atoms with van der Waals surface area (Å²) in [6.45, 7) is 0. The summed E-state index contributed by atoms with van der Waals surface area (Å²) in [5.41, 5.74) is 8.28. The van der Waals surface area contributed by atoms with E-state index in [1.807, 2.05) is 12.1 Å². The molecule has 47 heavy (non-hydrogen) atoms. The van der Waals surface area contributed by atoms with Gasteiger partial charge in [-0.2, -0.15) is 0 Å². The van der Waals surface area contributed by atoms with Gasteiger partial charge in [0.05, 0.1) is 11.4 Å². The maximum Gasteiger partial charge on any atom is 0.106 e. The molecule has 0 saturated heterocycles. The van der Waals surface area contributed by atoms with Crippen molar-refractivity contribution in [3.05, 3.63) is 141 Å². The van der Waals surface area contributed by atoms with E-state index in [2.05, 4.69) is 129 Å². The number of hydrogen-bond acceptors (Lipinski definition) is 4. The molecule has 242 valence electrons. The minimum atomic E-state index is -0.709. The van der Waals surface area contributed by atoms with Gasteiger partial charge in [-0.05, 0) is 89.5 Å². The van der Waals surface area contributed by atoms with E-state index in [4.69, 9.17) is 32.3 Å². The highest BCUT2D eigenvalue weighted by Crippen LogP contribution is 2.54. The summed E-state index contributed by atoms with van der Waals surface area (Å²) in [7, 11) is 19.9. The van der Waals surface area contributed by atoms with Crippen molar-refractivity contribution >= 4 is 161 Å². The summed E-state index contributed by atoms with van der Waals surface area (Å²) >= 11 is 16.7. The number of rotatable bonds is 2. The lowest BCUT2D eigenvalue weighted by Gasteiger charge is -2.36. The van der Waals surface area contributed by atoms with Crippen LogP contribution in [0.4, 0.5) is 0 Å². The Bertz CT molecular complexity index is 2330. The largest absolute Gasteiger partial charge is 0.244 e. The molecule has 6 rings (SSSR count). The molecular formula is C29H18Br2N2S14. The standard InChI is InChI=1S/C29H18Br2N2.S14/c30-27-17-7-15-25(32-27)29(26-16-8-18-28(31)33-26)23-13-5-3-11-21(23)19-9-1-2-10-20(19)22-12-4-6-14-24(22)29;1-3-5-7-9-11-13-14-12-10-8-6-4-2/h1-18H;. The molecule has 0 radical (unpaired) electrons. The second kappa shape index (κ2) is 20.1. The van der Waals surface area contributed by atoms with Crippen LogP contribution in [0.25, 0.3) is 22.3 Å². The van der Waals surface area contributed by atoms with Crippen LogP contribution < -0.4 is 0 Å². The molecule has 0 spiro atoms. The van der Waals surface area contributed by atoms with Crippen LogP contribution in [0.3, 0.4) is 0 Å². The Labute approximate surface area is 334 Å². The highest BCUT2D eigenvalue weighted by atomic mass is 79.9. The first-order valence-electron chi connectivity index (χ1n) is 12.9. The van der Waals surface area contributed by atoms with Gasteiger partial charge in [-0.3, -0.25) is 0 Å². The molecule has 0 atom stereocenters. The topological polar surface area (TPSA) is 25.8 Å². The van der Waals surface area contributed by atoms with E-state index in [9.17, 15) is 0 Å². The van der Waals surface area contributed by atoms with E-state index in [1.165, 1.54) is 51.1 Å². The third kappa shape index (κ3) is 9.66. The zero-order valence-electron chi connectivity index (χ0n) is 23.3. The summed E-state index contributed by atoms with van der Waals surface area (Å²) in [4.78, 5) is 10.1. The molecular weight excluding hydrogens is 985 g/mol. The molecule has 3 aromatic carbocycles. The van der Waals surface area contributed by atoms with Gasteiger partial charge in [-0.15, -0.1) is 0 Å². The molecule has 2 aromatic heterocycles. The van der Waals surface area contributed by atoms with Gasteiger partial charge in [-0.25, -0.2) is 9.97 Å². The van der Waals surface area contributed by atoms with E-state index in [0.29, 0.717) is 0 Å². The highest BCUT2D eigenvalue weighted by Gasteiger charge is 2.46. The summed E-state index contributed by atoms with van der Waals surface area (Å²) < 4.78 is 1.59. The Morgan fingerprint density at radius 1 is 0.404 bits per heavy atom. The maximum atomic E-state index is 5.04. The average molecular weight is 1000 g/mol. The average Bonchev–Trinajstić information content (AvgIpc) is 3.21. The minimum absolute atomic E-state index is 0.709. The smallest absolute Gasteiger partial charge is 0.106 e. The van der Waals surface area contributed by atoms with Crippen LogP contribution in [0.5, 0.6) is 0 Å². The summed E-state index contributed by atoms with van der Waals surface area (Å²) in [5.74, 6) is 0. The molecule has 18 heteroatoms. The Hall–Kier alpha value is 0.00000000000000183. The third-order valence-electron chi connectivity index (χ3n) is 6.67. The Morgan fingerprint density at radius 3 is 1.11 bits per heavy atom. The molecule has 0 aliphatic heterocycles. The fourth-order valence-electron chi connectivity index (χ4n) is 5.22. The maximum absolute atomic E-state index is 5.04. The fraction of sp³-hybridized carbons (Fsp3) is 0.0345. The van der Waals surface area contributed by atoms with Gasteiger partial charge in [0.15, 0.2) is 0 Å². The number of pyridine rings is 2. The fourth-order valence-corrected chi connectivity index (χ4v) is 33.3. The number of halogens is 2. The lowest BCUT2D eigenvalue weighted by molar-refractivity contribution is 0.688. The number of benzene rings is 3. The summed E-state index contributed by atoms with van der Waals surface area (Å²) in [6, 6.07) is 38.2. The van der Waals surface area contributed by atoms with Crippen molar-refractivity contribution in [1.82, 2.24) is 9.97 Å². The van der Waals surface area contributed by atoms with Crippen molar-refractivity contribution in [2.45, 2.75) is 5.41 Å². The normalized spacial score (nSPS) is 11.5. The molecule has 0 fully saturated rings. The van der Waals surface area contributed by atoms with Crippen LogP contribution in [0.1, 0.15) is 22.5 Å². The third-order valence-corrected chi connectivity index (χ3v) is 32.0. The second-order valence-electron chi connectivity index (χ2n) is 8.89. The van der Waals surface area contributed by atoms with Crippen molar-refractivity contribution in [1.29, 1.82) is 0 Å². The lowest BCUT2D eigenvalue weighted by Crippen LogP contribution is -2.33. The zero-order valence-corrected chi connectivity index (χ0v) is 37.9. The van der Waals surface area contributed by atoms with Gasteiger partial charge in [0, 0.05) is 129 Å². The number of nitrogens with zero attached hydrogens (tertiary/aromatic N) is 2. The monoisotopic (exact) mass is 1000 g/mol. The van der Waals surface area contributed by atoms with Crippen molar-refractivity contribution in [2.24, 2.45) is 0 Å². The van der Waals surface area contributed by atoms with E-state index < -0.39 is 5.41 Å². The summed E-state index contributed by atoms with van der Waals surface area (Å²) in [5, 5.41) is 0. The van der Waals surface area contributed by atoms with Crippen molar-refractivity contribution < 1.29 is 0 Å². The number of fused-ring (bicyclic) bond motifs is 5. The first kappa shape index (κ1) is 38.2. The zero-order chi connectivity index (χ0) is 32.9. The van der Waals surface area contributed by atoms with E-state index in [1.54, 1.807) is 88.8 Å². The molecule has 0 bridgehead atoms. The van der Waals surface area contributed by atoms with Crippen LogP contribution in [-0.4, -0.2) is 9.97 Å². The molecule has 5 aromatic rings. The van der Waals surface area contributed by atoms with Gasteiger partial charge in [-0.1, -0.05) is 84.9 Å². The van der Waals surface area contributed by atoms with Crippen LogP contribution in [0.15, 0.2) is 118 Å². The van der Waals surface area contributed by atoms with Gasteiger partial charge < -0.3 is 0 Å². The quantitative estimate of drug-likeness (QED) is 0.165. The van der Waals surface area contributed by atoms with Crippen molar-refractivity contribution in [3.63, 3.8) is 0 Å². The second-order valence-corrected chi connectivity index (χ2v) is 31.7. The number of aromatic nitrogens is 2. The molecule has 2 heterocycles. The van der Waals surface area contributed by atoms with Crippen LogP contribution in [0, 0.1) is 0 Å². The first-order chi connectivity index (χ1) is 23.1. The van der Waals surface area contributed by atoms with E-state index >= 15 is 0 Å². The Morgan fingerprint density at radius 2 is 0.745 bits per heavy atom. The van der Waals surface area contributed by atoms with Gasteiger partial charge in [0.25, 0.3) is 0 Å². The molecule has 1 aliphatic rings. The summed E-state index contributed by atoms with van der Waals surface area (Å²) in [6.07, 6.45) is 0. The van der Waals surface area contributed by atoms with Gasteiger partial charge in [0.2, 0.25) is 0 Å². The minimum Gasteiger partial charge on any atom is -0.244 e. The molecule has 0 saturated carbocycles. The van der Waals surface area contributed by atoms with Crippen molar-refractivity contribution in [2.75, 3.05) is 0 Å². The molecule has 2 nitrogen and oxygen atoms in total. The van der Waals surface area contributed by atoms with Gasteiger partial charge in [0.1, 0.15) is 14.6 Å². The predicted octanol–water partition coefficient (Wildman–Crippen LogP) is 8.00. The van der Waals surface area contributed by atoms with Crippen LogP contribution >= 0.6 is 31.9 Å².